The molecule has 80 valence electrons. The van der Waals surface area contributed by atoms with Crippen LogP contribution >= 0.6 is 11.3 Å². The summed E-state index contributed by atoms with van der Waals surface area (Å²) in [5.74, 6) is 1.70. The first-order valence-electron chi connectivity index (χ1n) is 4.84. The third kappa shape index (κ3) is 1.93. The zero-order chi connectivity index (χ0) is 10.8. The smallest absolute Gasteiger partial charge is 0.147 e. The zero-order valence-electron chi connectivity index (χ0n) is 8.84. The highest BCUT2D eigenvalue weighted by Gasteiger charge is 2.16. The molecule has 0 saturated heterocycles. The molecule has 1 atom stereocenters. The van der Waals surface area contributed by atoms with E-state index in [1.54, 1.807) is 11.3 Å². The lowest BCUT2D eigenvalue weighted by Gasteiger charge is -2.14. The van der Waals surface area contributed by atoms with Crippen molar-refractivity contribution in [1.82, 2.24) is 14.8 Å². The van der Waals surface area contributed by atoms with E-state index in [-0.39, 0.29) is 6.04 Å². The molecule has 2 heterocycles. The van der Waals surface area contributed by atoms with Crippen LogP contribution in [-0.2, 0) is 0 Å². The molecule has 0 radical (unpaired) electrons. The predicted octanol–water partition coefficient (Wildman–Crippen LogP) is 1.50. The first-order valence-corrected chi connectivity index (χ1v) is 5.78. The quantitative estimate of drug-likeness (QED) is 0.856. The molecule has 0 bridgehead atoms. The summed E-state index contributed by atoms with van der Waals surface area (Å²) >= 11 is 1.67. The van der Waals surface area contributed by atoms with Gasteiger partial charge in [0.1, 0.15) is 11.6 Å². The number of rotatable bonds is 3. The molecular weight excluding hydrogens is 208 g/mol. The molecule has 4 nitrogen and oxygen atoms in total. The topological polar surface area (TPSA) is 56.7 Å². The van der Waals surface area contributed by atoms with Crippen molar-refractivity contribution < 1.29 is 0 Å². The van der Waals surface area contributed by atoms with Crippen molar-refractivity contribution in [2.45, 2.75) is 19.9 Å². The Bertz CT molecular complexity index is 432. The lowest BCUT2D eigenvalue weighted by Crippen LogP contribution is -2.22. The van der Waals surface area contributed by atoms with E-state index in [1.807, 2.05) is 18.5 Å². The van der Waals surface area contributed by atoms with Gasteiger partial charge in [-0.3, -0.25) is 0 Å². The second-order valence-electron chi connectivity index (χ2n) is 3.46. The molecule has 0 spiro atoms. The molecule has 5 heteroatoms. The number of nitrogens with zero attached hydrogens (tertiary/aromatic N) is 3. The summed E-state index contributed by atoms with van der Waals surface area (Å²) in [7, 11) is 0. The largest absolute Gasteiger partial charge is 0.328 e. The van der Waals surface area contributed by atoms with E-state index in [0.29, 0.717) is 6.54 Å². The fourth-order valence-electron chi connectivity index (χ4n) is 1.67. The Morgan fingerprint density at radius 3 is 2.80 bits per heavy atom. The van der Waals surface area contributed by atoms with Gasteiger partial charge in [0.15, 0.2) is 0 Å². The Morgan fingerprint density at radius 2 is 2.33 bits per heavy atom. The van der Waals surface area contributed by atoms with E-state index < -0.39 is 0 Å². The molecule has 0 aliphatic rings. The molecule has 2 rings (SSSR count). The average molecular weight is 222 g/mol. The van der Waals surface area contributed by atoms with Crippen LogP contribution < -0.4 is 5.73 Å². The molecule has 0 aromatic carbocycles. The standard InChI is InChI=1S/C10H14N4S/c1-7-12-8(2)14(13-7)10(5-11)9-3-4-15-6-9/h3-4,6,10H,5,11H2,1-2H3. The Balaban J connectivity index is 2.39. The van der Waals surface area contributed by atoms with Crippen molar-refractivity contribution in [3.8, 4) is 0 Å². The van der Waals surface area contributed by atoms with Crippen LogP contribution in [0.2, 0.25) is 0 Å². The maximum atomic E-state index is 5.79. The summed E-state index contributed by atoms with van der Waals surface area (Å²) in [4.78, 5) is 4.29. The van der Waals surface area contributed by atoms with Crippen LogP contribution in [0.15, 0.2) is 16.8 Å². The van der Waals surface area contributed by atoms with Gasteiger partial charge in [-0.15, -0.1) is 0 Å². The van der Waals surface area contributed by atoms with E-state index in [4.69, 9.17) is 5.73 Å². The van der Waals surface area contributed by atoms with E-state index in [9.17, 15) is 0 Å². The number of hydrogen-bond acceptors (Lipinski definition) is 4. The Morgan fingerprint density at radius 1 is 1.53 bits per heavy atom. The Labute approximate surface area is 92.8 Å². The van der Waals surface area contributed by atoms with E-state index >= 15 is 0 Å². The fourth-order valence-corrected chi connectivity index (χ4v) is 2.38. The van der Waals surface area contributed by atoms with Crippen LogP contribution in [0.3, 0.4) is 0 Å². The summed E-state index contributed by atoms with van der Waals surface area (Å²) in [5, 5.41) is 8.53. The summed E-state index contributed by atoms with van der Waals surface area (Å²) in [5.41, 5.74) is 6.99. The van der Waals surface area contributed by atoms with Crippen LogP contribution in [0, 0.1) is 13.8 Å². The van der Waals surface area contributed by atoms with Gasteiger partial charge in [0.05, 0.1) is 6.04 Å². The second kappa shape index (κ2) is 4.12. The van der Waals surface area contributed by atoms with Crippen molar-refractivity contribution in [2.75, 3.05) is 6.54 Å². The van der Waals surface area contributed by atoms with E-state index in [2.05, 4.69) is 26.9 Å². The van der Waals surface area contributed by atoms with Crippen LogP contribution in [0.5, 0.6) is 0 Å². The van der Waals surface area contributed by atoms with Crippen molar-refractivity contribution in [2.24, 2.45) is 5.73 Å². The number of aryl methyl sites for hydroxylation is 2. The number of hydrogen-bond donors (Lipinski definition) is 1. The minimum absolute atomic E-state index is 0.109. The highest BCUT2D eigenvalue weighted by Crippen LogP contribution is 2.20. The summed E-state index contributed by atoms with van der Waals surface area (Å²) in [6, 6.07) is 2.19. The second-order valence-corrected chi connectivity index (χ2v) is 4.24. The average Bonchev–Trinajstić information content (AvgIpc) is 2.79. The number of aromatic nitrogens is 3. The number of nitrogens with two attached hydrogens (primary N) is 1. The minimum Gasteiger partial charge on any atom is -0.328 e. The maximum absolute atomic E-state index is 5.79. The summed E-state index contributed by atoms with van der Waals surface area (Å²) < 4.78 is 1.90. The van der Waals surface area contributed by atoms with Gasteiger partial charge in [0, 0.05) is 6.54 Å². The fraction of sp³-hybridized carbons (Fsp3) is 0.400. The Hall–Kier alpha value is -1.20. The van der Waals surface area contributed by atoms with Crippen LogP contribution in [0.1, 0.15) is 23.3 Å². The molecule has 0 aliphatic heterocycles. The molecule has 0 amide bonds. The maximum Gasteiger partial charge on any atom is 0.147 e. The van der Waals surface area contributed by atoms with Gasteiger partial charge >= 0.3 is 0 Å². The van der Waals surface area contributed by atoms with Gasteiger partial charge in [-0.1, -0.05) is 0 Å². The van der Waals surface area contributed by atoms with Crippen molar-refractivity contribution >= 4 is 11.3 Å². The lowest BCUT2D eigenvalue weighted by molar-refractivity contribution is 0.516. The molecule has 2 N–H and O–H groups in total. The van der Waals surface area contributed by atoms with Gasteiger partial charge in [-0.2, -0.15) is 16.4 Å². The zero-order valence-corrected chi connectivity index (χ0v) is 9.66. The highest BCUT2D eigenvalue weighted by molar-refractivity contribution is 7.07. The number of thiophene rings is 1. The van der Waals surface area contributed by atoms with Crippen molar-refractivity contribution in [3.63, 3.8) is 0 Å². The van der Waals surface area contributed by atoms with Crippen LogP contribution in [-0.4, -0.2) is 21.3 Å². The summed E-state index contributed by atoms with van der Waals surface area (Å²) in [6.07, 6.45) is 0. The molecule has 2 aromatic rings. The predicted molar refractivity (Wildman–Crippen MR) is 61.0 cm³/mol. The van der Waals surface area contributed by atoms with Gasteiger partial charge in [-0.05, 0) is 36.2 Å². The summed E-state index contributed by atoms with van der Waals surface area (Å²) in [6.45, 7) is 4.39. The minimum atomic E-state index is 0.109. The van der Waals surface area contributed by atoms with Crippen LogP contribution in [0.25, 0.3) is 0 Å². The highest BCUT2D eigenvalue weighted by atomic mass is 32.1. The third-order valence-corrected chi connectivity index (χ3v) is 3.06. The molecule has 0 fully saturated rings. The van der Waals surface area contributed by atoms with Gasteiger partial charge < -0.3 is 5.73 Å². The normalized spacial score (nSPS) is 13.0. The van der Waals surface area contributed by atoms with E-state index in [0.717, 1.165) is 11.6 Å². The van der Waals surface area contributed by atoms with Crippen molar-refractivity contribution in [3.05, 3.63) is 34.0 Å². The lowest BCUT2D eigenvalue weighted by atomic mass is 10.1. The molecule has 15 heavy (non-hydrogen) atoms. The molecule has 0 saturated carbocycles. The first kappa shape index (κ1) is 10.3. The molecule has 0 aliphatic carbocycles. The molecule has 1 unspecified atom stereocenters. The van der Waals surface area contributed by atoms with Crippen molar-refractivity contribution in [1.29, 1.82) is 0 Å². The monoisotopic (exact) mass is 222 g/mol. The van der Waals surface area contributed by atoms with Crippen LogP contribution in [0.4, 0.5) is 0 Å². The van der Waals surface area contributed by atoms with Gasteiger partial charge in [0.2, 0.25) is 0 Å². The van der Waals surface area contributed by atoms with Gasteiger partial charge in [0.25, 0.3) is 0 Å². The Kier molecular flexibility index (Phi) is 2.83. The third-order valence-electron chi connectivity index (χ3n) is 2.35. The van der Waals surface area contributed by atoms with E-state index in [1.165, 1.54) is 5.56 Å². The first-order chi connectivity index (χ1) is 7.22. The SMILES string of the molecule is Cc1nc(C)n(C(CN)c2ccsc2)n1. The molecule has 2 aromatic heterocycles. The van der Waals surface area contributed by atoms with Gasteiger partial charge in [-0.25, -0.2) is 9.67 Å². The molecular formula is C10H14N4S.